The van der Waals surface area contributed by atoms with Crippen LogP contribution in [0.5, 0.6) is 5.75 Å². The van der Waals surface area contributed by atoms with Crippen LogP contribution >= 0.6 is 11.6 Å². The fourth-order valence-electron chi connectivity index (χ4n) is 1.92. The average molecular weight is 277 g/mol. The SMILES string of the molecule is CC(C)Oc1cncc(-c2ccc(Cl)cc2CN)c1. The number of benzene rings is 1. The standard InChI is InChI=1S/C15H17ClN2O/c1-10(2)19-14-6-12(8-18-9-14)15-4-3-13(16)5-11(15)7-17/h3-6,8-10H,7,17H2,1-2H3. The Morgan fingerprint density at radius 2 is 2.05 bits per heavy atom. The van der Waals surface area contributed by atoms with Crippen LogP contribution in [0.15, 0.2) is 36.7 Å². The fourth-order valence-corrected chi connectivity index (χ4v) is 2.11. The summed E-state index contributed by atoms with van der Waals surface area (Å²) in [4.78, 5) is 4.21. The van der Waals surface area contributed by atoms with Crippen molar-refractivity contribution in [3.05, 3.63) is 47.2 Å². The highest BCUT2D eigenvalue weighted by atomic mass is 35.5. The monoisotopic (exact) mass is 276 g/mol. The van der Waals surface area contributed by atoms with E-state index in [9.17, 15) is 0 Å². The Bertz CT molecular complexity index is 570. The van der Waals surface area contributed by atoms with E-state index in [2.05, 4.69) is 4.98 Å². The highest BCUT2D eigenvalue weighted by Crippen LogP contribution is 2.28. The second kappa shape index (κ2) is 6.04. The lowest BCUT2D eigenvalue weighted by Crippen LogP contribution is -2.06. The molecule has 0 radical (unpaired) electrons. The molecule has 2 N–H and O–H groups in total. The van der Waals surface area contributed by atoms with E-state index in [1.807, 2.05) is 38.1 Å². The number of hydrogen-bond acceptors (Lipinski definition) is 3. The van der Waals surface area contributed by atoms with Crippen molar-refractivity contribution in [1.82, 2.24) is 4.98 Å². The van der Waals surface area contributed by atoms with Gasteiger partial charge in [0.15, 0.2) is 0 Å². The van der Waals surface area contributed by atoms with Crippen LogP contribution in [0.1, 0.15) is 19.4 Å². The molecule has 0 spiro atoms. The first-order valence-electron chi connectivity index (χ1n) is 6.20. The molecule has 0 aliphatic carbocycles. The van der Waals surface area contributed by atoms with Gasteiger partial charge in [-0.2, -0.15) is 0 Å². The van der Waals surface area contributed by atoms with E-state index in [1.54, 1.807) is 12.4 Å². The molecule has 0 unspecified atom stereocenters. The zero-order valence-corrected chi connectivity index (χ0v) is 11.8. The number of ether oxygens (including phenoxy) is 1. The van der Waals surface area contributed by atoms with Crippen LogP contribution in [0.25, 0.3) is 11.1 Å². The molecule has 0 saturated heterocycles. The maximum atomic E-state index is 5.99. The number of nitrogens with two attached hydrogens (primary N) is 1. The minimum absolute atomic E-state index is 0.122. The van der Waals surface area contributed by atoms with Crippen molar-refractivity contribution in [3.63, 3.8) is 0 Å². The van der Waals surface area contributed by atoms with E-state index in [0.29, 0.717) is 11.6 Å². The molecule has 19 heavy (non-hydrogen) atoms. The van der Waals surface area contributed by atoms with Gasteiger partial charge in [-0.3, -0.25) is 4.98 Å². The summed E-state index contributed by atoms with van der Waals surface area (Å²) in [6.07, 6.45) is 3.63. The molecule has 100 valence electrons. The van der Waals surface area contributed by atoms with Crippen LogP contribution in [0.2, 0.25) is 5.02 Å². The topological polar surface area (TPSA) is 48.1 Å². The van der Waals surface area contributed by atoms with Crippen LogP contribution in [0.3, 0.4) is 0 Å². The number of rotatable bonds is 4. The normalized spacial score (nSPS) is 10.8. The summed E-state index contributed by atoms with van der Waals surface area (Å²) in [6, 6.07) is 7.66. The van der Waals surface area contributed by atoms with Crippen molar-refractivity contribution < 1.29 is 4.74 Å². The number of pyridine rings is 1. The third-order valence-electron chi connectivity index (χ3n) is 2.68. The summed E-state index contributed by atoms with van der Waals surface area (Å²) in [5, 5.41) is 0.687. The lowest BCUT2D eigenvalue weighted by molar-refractivity contribution is 0.241. The molecule has 0 bridgehead atoms. The molecule has 1 aromatic heterocycles. The largest absolute Gasteiger partial charge is 0.489 e. The molecule has 0 aliphatic rings. The molecule has 0 atom stereocenters. The van der Waals surface area contributed by atoms with E-state index in [4.69, 9.17) is 22.1 Å². The van der Waals surface area contributed by atoms with E-state index in [-0.39, 0.29) is 6.10 Å². The minimum atomic E-state index is 0.122. The zero-order chi connectivity index (χ0) is 13.8. The Kier molecular flexibility index (Phi) is 4.40. The molecule has 1 aromatic carbocycles. The van der Waals surface area contributed by atoms with Crippen molar-refractivity contribution in [1.29, 1.82) is 0 Å². The van der Waals surface area contributed by atoms with Gasteiger partial charge in [-0.05, 0) is 43.2 Å². The van der Waals surface area contributed by atoms with Gasteiger partial charge in [0.25, 0.3) is 0 Å². The van der Waals surface area contributed by atoms with Crippen LogP contribution in [-0.2, 0) is 6.54 Å². The molecule has 3 nitrogen and oxygen atoms in total. The van der Waals surface area contributed by atoms with Gasteiger partial charge in [-0.25, -0.2) is 0 Å². The first-order chi connectivity index (χ1) is 9.10. The third kappa shape index (κ3) is 3.46. The Balaban J connectivity index is 2.41. The third-order valence-corrected chi connectivity index (χ3v) is 2.92. The van der Waals surface area contributed by atoms with Crippen LogP contribution in [0.4, 0.5) is 0 Å². The Morgan fingerprint density at radius 1 is 1.26 bits per heavy atom. The Hall–Kier alpha value is -1.58. The van der Waals surface area contributed by atoms with E-state index < -0.39 is 0 Å². The van der Waals surface area contributed by atoms with Gasteiger partial charge >= 0.3 is 0 Å². The number of halogens is 1. The number of nitrogens with zero attached hydrogens (tertiary/aromatic N) is 1. The van der Waals surface area contributed by atoms with Gasteiger partial charge in [0.2, 0.25) is 0 Å². The first-order valence-corrected chi connectivity index (χ1v) is 6.58. The van der Waals surface area contributed by atoms with Crippen molar-refractivity contribution in [3.8, 4) is 16.9 Å². The van der Waals surface area contributed by atoms with Crippen molar-refractivity contribution in [2.45, 2.75) is 26.5 Å². The van der Waals surface area contributed by atoms with Gasteiger partial charge in [-0.15, -0.1) is 0 Å². The molecule has 0 amide bonds. The molecule has 0 fully saturated rings. The van der Waals surface area contributed by atoms with Crippen molar-refractivity contribution >= 4 is 11.6 Å². The van der Waals surface area contributed by atoms with Gasteiger partial charge in [0.1, 0.15) is 5.75 Å². The van der Waals surface area contributed by atoms with E-state index in [0.717, 1.165) is 22.4 Å². The highest BCUT2D eigenvalue weighted by molar-refractivity contribution is 6.30. The lowest BCUT2D eigenvalue weighted by Gasteiger charge is -2.12. The second-order valence-electron chi connectivity index (χ2n) is 4.58. The van der Waals surface area contributed by atoms with Gasteiger partial charge in [0.05, 0.1) is 12.3 Å². The quantitative estimate of drug-likeness (QED) is 0.927. The molecular formula is C15H17ClN2O. The highest BCUT2D eigenvalue weighted by Gasteiger charge is 2.07. The molecule has 2 aromatic rings. The minimum Gasteiger partial charge on any atom is -0.489 e. The molecule has 0 aliphatic heterocycles. The predicted molar refractivity (Wildman–Crippen MR) is 78.3 cm³/mol. The van der Waals surface area contributed by atoms with Gasteiger partial charge in [-0.1, -0.05) is 17.7 Å². The maximum Gasteiger partial charge on any atom is 0.138 e. The van der Waals surface area contributed by atoms with E-state index in [1.165, 1.54) is 0 Å². The number of hydrogen-bond donors (Lipinski definition) is 1. The molecule has 2 rings (SSSR count). The van der Waals surface area contributed by atoms with Crippen molar-refractivity contribution in [2.24, 2.45) is 5.73 Å². The summed E-state index contributed by atoms with van der Waals surface area (Å²) >= 11 is 5.99. The summed E-state index contributed by atoms with van der Waals surface area (Å²) in [6.45, 7) is 4.41. The molecule has 0 saturated carbocycles. The van der Waals surface area contributed by atoms with E-state index >= 15 is 0 Å². The Labute approximate surface area is 118 Å². The van der Waals surface area contributed by atoms with Crippen LogP contribution < -0.4 is 10.5 Å². The molecule has 1 heterocycles. The molecular weight excluding hydrogens is 260 g/mol. The Morgan fingerprint density at radius 3 is 2.74 bits per heavy atom. The fraction of sp³-hybridized carbons (Fsp3) is 0.267. The molecule has 4 heteroatoms. The summed E-state index contributed by atoms with van der Waals surface area (Å²) in [7, 11) is 0. The van der Waals surface area contributed by atoms with Crippen molar-refractivity contribution in [2.75, 3.05) is 0 Å². The van der Waals surface area contributed by atoms with Gasteiger partial charge < -0.3 is 10.5 Å². The van der Waals surface area contributed by atoms with Crippen LogP contribution in [-0.4, -0.2) is 11.1 Å². The summed E-state index contributed by atoms with van der Waals surface area (Å²) in [5.74, 6) is 0.755. The lowest BCUT2D eigenvalue weighted by atomic mass is 10.0. The smallest absolute Gasteiger partial charge is 0.138 e. The first kappa shape index (κ1) is 13.8. The average Bonchev–Trinajstić information content (AvgIpc) is 2.38. The van der Waals surface area contributed by atoms with Crippen LogP contribution in [0, 0.1) is 0 Å². The second-order valence-corrected chi connectivity index (χ2v) is 5.02. The number of aromatic nitrogens is 1. The summed E-state index contributed by atoms with van der Waals surface area (Å²) in [5.41, 5.74) is 8.78. The predicted octanol–water partition coefficient (Wildman–Crippen LogP) is 3.65. The summed E-state index contributed by atoms with van der Waals surface area (Å²) < 4.78 is 5.65. The zero-order valence-electron chi connectivity index (χ0n) is 11.1. The van der Waals surface area contributed by atoms with Gasteiger partial charge in [0, 0.05) is 23.3 Å². The maximum absolute atomic E-state index is 5.99.